The zero-order chi connectivity index (χ0) is 11.5. The molecule has 0 spiro atoms. The molecular formula is C10H11N5S. The minimum atomic E-state index is 0.557. The van der Waals surface area contributed by atoms with Gasteiger partial charge in [0, 0.05) is 36.8 Å². The fourth-order valence-corrected chi connectivity index (χ4v) is 1.62. The summed E-state index contributed by atoms with van der Waals surface area (Å²) in [6.07, 6.45) is 5.09. The molecule has 0 amide bonds. The van der Waals surface area contributed by atoms with Crippen LogP contribution >= 0.6 is 12.2 Å². The van der Waals surface area contributed by atoms with Crippen LogP contribution in [0.3, 0.4) is 0 Å². The van der Waals surface area contributed by atoms with Gasteiger partial charge in [0.05, 0.1) is 0 Å². The predicted molar refractivity (Wildman–Crippen MR) is 67.0 cm³/mol. The highest BCUT2D eigenvalue weighted by Crippen LogP contribution is 2.12. The Morgan fingerprint density at radius 2 is 2.44 bits per heavy atom. The highest BCUT2D eigenvalue weighted by molar-refractivity contribution is 7.71. The lowest BCUT2D eigenvalue weighted by Crippen LogP contribution is -1.94. The average Bonchev–Trinajstić information content (AvgIpc) is 2.68. The molecule has 0 unspecified atom stereocenters. The van der Waals surface area contributed by atoms with Crippen LogP contribution in [0.2, 0.25) is 0 Å². The highest BCUT2D eigenvalue weighted by Gasteiger charge is 2.01. The second-order valence-electron chi connectivity index (χ2n) is 3.18. The van der Waals surface area contributed by atoms with Crippen molar-refractivity contribution >= 4 is 29.7 Å². The van der Waals surface area contributed by atoms with E-state index in [4.69, 9.17) is 18.0 Å². The van der Waals surface area contributed by atoms with Crippen LogP contribution in [0, 0.1) is 4.77 Å². The van der Waals surface area contributed by atoms with Crippen LogP contribution in [-0.4, -0.2) is 27.9 Å². The average molecular weight is 233 g/mol. The molecule has 16 heavy (non-hydrogen) atoms. The standard InChI is InChI=1S/C10H11N5S/c1-12-5-8(4-11)7-2-3-9-13-14-10(16)15(9)6-7/h2-6H,11H2,1H3,(H,14,16). The van der Waals surface area contributed by atoms with Crippen molar-refractivity contribution in [2.75, 3.05) is 7.05 Å². The van der Waals surface area contributed by atoms with E-state index >= 15 is 0 Å². The van der Waals surface area contributed by atoms with Crippen molar-refractivity contribution in [2.45, 2.75) is 0 Å². The van der Waals surface area contributed by atoms with E-state index in [-0.39, 0.29) is 0 Å². The van der Waals surface area contributed by atoms with Gasteiger partial charge in [0.15, 0.2) is 10.4 Å². The van der Waals surface area contributed by atoms with Crippen LogP contribution in [0.4, 0.5) is 0 Å². The van der Waals surface area contributed by atoms with Crippen molar-refractivity contribution in [2.24, 2.45) is 10.7 Å². The van der Waals surface area contributed by atoms with Gasteiger partial charge in [-0.2, -0.15) is 5.10 Å². The summed E-state index contributed by atoms with van der Waals surface area (Å²) in [4.78, 5) is 3.94. The van der Waals surface area contributed by atoms with Crippen LogP contribution < -0.4 is 5.73 Å². The Morgan fingerprint density at radius 3 is 3.12 bits per heavy atom. The summed E-state index contributed by atoms with van der Waals surface area (Å²) in [7, 11) is 1.70. The van der Waals surface area contributed by atoms with Crippen molar-refractivity contribution in [3.63, 3.8) is 0 Å². The summed E-state index contributed by atoms with van der Waals surface area (Å²) in [5, 5.41) is 6.78. The number of hydrogen-bond acceptors (Lipinski definition) is 4. The second-order valence-corrected chi connectivity index (χ2v) is 3.57. The summed E-state index contributed by atoms with van der Waals surface area (Å²) in [6.45, 7) is 0. The van der Waals surface area contributed by atoms with Gasteiger partial charge in [-0.05, 0) is 24.4 Å². The molecule has 0 atom stereocenters. The van der Waals surface area contributed by atoms with Crippen LogP contribution in [0.25, 0.3) is 11.2 Å². The third-order valence-electron chi connectivity index (χ3n) is 2.19. The quantitative estimate of drug-likeness (QED) is 0.608. The molecule has 0 bridgehead atoms. The van der Waals surface area contributed by atoms with Crippen molar-refractivity contribution in [1.82, 2.24) is 14.6 Å². The summed E-state index contributed by atoms with van der Waals surface area (Å²) in [6, 6.07) is 3.79. The number of fused-ring (bicyclic) bond motifs is 1. The minimum absolute atomic E-state index is 0.557. The first-order valence-electron chi connectivity index (χ1n) is 4.67. The summed E-state index contributed by atoms with van der Waals surface area (Å²) < 4.78 is 2.35. The lowest BCUT2D eigenvalue weighted by molar-refractivity contribution is 1.07. The number of hydrogen-bond donors (Lipinski definition) is 2. The summed E-state index contributed by atoms with van der Waals surface area (Å²) >= 11 is 5.09. The van der Waals surface area contributed by atoms with Gasteiger partial charge in [0.25, 0.3) is 0 Å². The molecule has 0 aliphatic carbocycles. The number of aromatic nitrogens is 3. The smallest absolute Gasteiger partial charge is 0.199 e. The Bertz CT molecular complexity index is 619. The van der Waals surface area contributed by atoms with Crippen LogP contribution in [0.15, 0.2) is 29.5 Å². The molecule has 5 nitrogen and oxygen atoms in total. The number of pyridine rings is 1. The van der Waals surface area contributed by atoms with Crippen molar-refractivity contribution in [3.05, 3.63) is 34.9 Å². The first kappa shape index (κ1) is 10.6. The molecule has 0 radical (unpaired) electrons. The van der Waals surface area contributed by atoms with Crippen molar-refractivity contribution in [1.29, 1.82) is 0 Å². The van der Waals surface area contributed by atoms with Crippen molar-refractivity contribution < 1.29 is 0 Å². The van der Waals surface area contributed by atoms with E-state index in [1.165, 1.54) is 6.20 Å². The van der Waals surface area contributed by atoms with Gasteiger partial charge in [-0.3, -0.25) is 14.5 Å². The van der Waals surface area contributed by atoms with Gasteiger partial charge in [-0.25, -0.2) is 0 Å². The Morgan fingerprint density at radius 1 is 1.62 bits per heavy atom. The molecule has 3 N–H and O–H groups in total. The maximum atomic E-state index is 5.54. The number of allylic oxidation sites excluding steroid dienone is 1. The number of nitrogens with zero attached hydrogens (tertiary/aromatic N) is 3. The molecule has 0 aliphatic heterocycles. The van der Waals surface area contributed by atoms with Gasteiger partial charge in [0.2, 0.25) is 0 Å². The fourth-order valence-electron chi connectivity index (χ4n) is 1.43. The summed E-state index contributed by atoms with van der Waals surface area (Å²) in [5.41, 5.74) is 8.10. The number of nitrogens with one attached hydrogen (secondary N) is 1. The number of rotatable bonds is 2. The zero-order valence-electron chi connectivity index (χ0n) is 8.71. The number of aliphatic imine (C=N–C) groups is 1. The van der Waals surface area contributed by atoms with E-state index in [1.54, 1.807) is 17.7 Å². The van der Waals surface area contributed by atoms with Gasteiger partial charge in [-0.15, -0.1) is 0 Å². The topological polar surface area (TPSA) is 71.5 Å². The van der Waals surface area contributed by atoms with E-state index in [2.05, 4.69) is 15.2 Å². The van der Waals surface area contributed by atoms with E-state index in [1.807, 2.05) is 18.3 Å². The van der Waals surface area contributed by atoms with E-state index in [0.717, 1.165) is 16.8 Å². The normalized spacial score (nSPS) is 12.7. The number of H-pyrrole nitrogens is 1. The Balaban J connectivity index is 2.62. The Labute approximate surface area is 97.3 Å². The molecule has 0 saturated heterocycles. The van der Waals surface area contributed by atoms with Crippen LogP contribution in [-0.2, 0) is 0 Å². The van der Waals surface area contributed by atoms with E-state index in [0.29, 0.717) is 4.77 Å². The molecule has 0 aromatic carbocycles. The molecule has 0 aliphatic rings. The first-order chi connectivity index (χ1) is 7.76. The monoisotopic (exact) mass is 233 g/mol. The van der Waals surface area contributed by atoms with E-state index in [9.17, 15) is 0 Å². The largest absolute Gasteiger partial charge is 0.404 e. The van der Waals surface area contributed by atoms with Crippen LogP contribution in [0.5, 0.6) is 0 Å². The molecule has 2 aromatic rings. The number of nitrogens with two attached hydrogens (primary N) is 1. The molecule has 6 heteroatoms. The van der Waals surface area contributed by atoms with E-state index < -0.39 is 0 Å². The van der Waals surface area contributed by atoms with Gasteiger partial charge >= 0.3 is 0 Å². The maximum absolute atomic E-state index is 5.54. The van der Waals surface area contributed by atoms with Gasteiger partial charge in [-0.1, -0.05) is 0 Å². The van der Waals surface area contributed by atoms with Gasteiger partial charge < -0.3 is 5.73 Å². The third kappa shape index (κ3) is 1.74. The molecule has 0 saturated carbocycles. The molecule has 2 aromatic heterocycles. The lowest BCUT2D eigenvalue weighted by Gasteiger charge is -2.01. The SMILES string of the molecule is CN=CC(=CN)c1ccc2n[nH]c(=S)n2c1. The zero-order valence-corrected chi connectivity index (χ0v) is 9.53. The molecule has 2 heterocycles. The first-order valence-corrected chi connectivity index (χ1v) is 5.08. The number of aromatic amines is 1. The predicted octanol–water partition coefficient (Wildman–Crippen LogP) is 1.39. The highest BCUT2D eigenvalue weighted by atomic mass is 32.1. The Kier molecular flexibility index (Phi) is 2.82. The second kappa shape index (κ2) is 4.28. The Hall–Kier alpha value is -1.95. The molecule has 82 valence electrons. The van der Waals surface area contributed by atoms with Gasteiger partial charge in [0.1, 0.15) is 0 Å². The van der Waals surface area contributed by atoms with Crippen LogP contribution in [0.1, 0.15) is 5.56 Å². The molecule has 2 rings (SSSR count). The minimum Gasteiger partial charge on any atom is -0.404 e. The van der Waals surface area contributed by atoms with Crippen molar-refractivity contribution in [3.8, 4) is 0 Å². The third-order valence-corrected chi connectivity index (χ3v) is 2.48. The summed E-state index contributed by atoms with van der Waals surface area (Å²) in [5.74, 6) is 0. The lowest BCUT2D eigenvalue weighted by atomic mass is 10.1. The molecular weight excluding hydrogens is 222 g/mol. The fraction of sp³-hybridized carbons (Fsp3) is 0.100. The molecule has 0 fully saturated rings. The maximum Gasteiger partial charge on any atom is 0.199 e.